The van der Waals surface area contributed by atoms with E-state index in [4.69, 9.17) is 0 Å². The standard InChI is InChI=1S/C13H17N3O/c1-9(2)8-14-13(17)12-10-6-4-5-7-11(10)16(3)15-12/h4-7,9H,8H2,1-3H3,(H,14,17). The number of amides is 1. The van der Waals surface area contributed by atoms with E-state index in [1.54, 1.807) is 4.68 Å². The van der Waals surface area contributed by atoms with E-state index in [-0.39, 0.29) is 5.91 Å². The van der Waals surface area contributed by atoms with E-state index < -0.39 is 0 Å². The number of para-hydroxylation sites is 1. The maximum absolute atomic E-state index is 12.0. The first-order valence-corrected chi connectivity index (χ1v) is 5.79. The maximum Gasteiger partial charge on any atom is 0.272 e. The van der Waals surface area contributed by atoms with Crippen molar-refractivity contribution in [3.05, 3.63) is 30.0 Å². The lowest BCUT2D eigenvalue weighted by Gasteiger charge is -2.05. The Bertz CT molecular complexity index is 543. The van der Waals surface area contributed by atoms with Crippen LogP contribution >= 0.6 is 0 Å². The van der Waals surface area contributed by atoms with Gasteiger partial charge in [-0.2, -0.15) is 5.10 Å². The quantitative estimate of drug-likeness (QED) is 0.877. The zero-order chi connectivity index (χ0) is 12.4. The van der Waals surface area contributed by atoms with Crippen LogP contribution in [0.4, 0.5) is 0 Å². The molecule has 0 spiro atoms. The molecular formula is C13H17N3O. The fourth-order valence-corrected chi connectivity index (χ4v) is 1.76. The Morgan fingerprint density at radius 2 is 2.12 bits per heavy atom. The fourth-order valence-electron chi connectivity index (χ4n) is 1.76. The Hall–Kier alpha value is -1.84. The Balaban J connectivity index is 2.32. The summed E-state index contributed by atoms with van der Waals surface area (Å²) in [6, 6.07) is 7.75. The Kier molecular flexibility index (Phi) is 3.13. The van der Waals surface area contributed by atoms with Crippen LogP contribution in [-0.4, -0.2) is 22.2 Å². The van der Waals surface area contributed by atoms with Crippen LogP contribution in [0.5, 0.6) is 0 Å². The molecule has 4 nitrogen and oxygen atoms in total. The molecule has 0 aliphatic carbocycles. The predicted molar refractivity (Wildman–Crippen MR) is 67.9 cm³/mol. The van der Waals surface area contributed by atoms with Gasteiger partial charge >= 0.3 is 0 Å². The zero-order valence-corrected chi connectivity index (χ0v) is 10.4. The van der Waals surface area contributed by atoms with Gasteiger partial charge in [-0.3, -0.25) is 9.48 Å². The molecule has 90 valence electrons. The lowest BCUT2D eigenvalue weighted by molar-refractivity contribution is 0.0945. The molecular weight excluding hydrogens is 214 g/mol. The number of nitrogens with one attached hydrogen (secondary N) is 1. The van der Waals surface area contributed by atoms with Gasteiger partial charge in [-0.15, -0.1) is 0 Å². The van der Waals surface area contributed by atoms with Gasteiger partial charge in [0.2, 0.25) is 0 Å². The molecule has 2 rings (SSSR count). The van der Waals surface area contributed by atoms with Crippen LogP contribution in [0.3, 0.4) is 0 Å². The van der Waals surface area contributed by atoms with Gasteiger partial charge in [0.25, 0.3) is 5.91 Å². The highest BCUT2D eigenvalue weighted by Gasteiger charge is 2.15. The molecule has 1 heterocycles. The molecule has 0 bridgehead atoms. The van der Waals surface area contributed by atoms with Gasteiger partial charge in [-0.1, -0.05) is 32.0 Å². The molecule has 0 saturated heterocycles. The molecule has 0 fully saturated rings. The smallest absolute Gasteiger partial charge is 0.272 e. The minimum absolute atomic E-state index is 0.101. The van der Waals surface area contributed by atoms with Crippen LogP contribution in [0.2, 0.25) is 0 Å². The number of hydrogen-bond donors (Lipinski definition) is 1. The van der Waals surface area contributed by atoms with E-state index in [2.05, 4.69) is 24.3 Å². The molecule has 0 aliphatic rings. The number of rotatable bonds is 3. The lowest BCUT2D eigenvalue weighted by Crippen LogP contribution is -2.27. The number of nitrogens with zero attached hydrogens (tertiary/aromatic N) is 2. The summed E-state index contributed by atoms with van der Waals surface area (Å²) < 4.78 is 1.74. The van der Waals surface area contributed by atoms with E-state index in [1.807, 2.05) is 31.3 Å². The van der Waals surface area contributed by atoms with Crippen molar-refractivity contribution in [1.29, 1.82) is 0 Å². The summed E-state index contributed by atoms with van der Waals surface area (Å²) in [5.41, 5.74) is 1.48. The molecule has 0 aliphatic heterocycles. The van der Waals surface area contributed by atoms with Gasteiger partial charge in [-0.05, 0) is 12.0 Å². The molecule has 0 radical (unpaired) electrons. The molecule has 1 aromatic carbocycles. The first-order valence-electron chi connectivity index (χ1n) is 5.79. The first-order chi connectivity index (χ1) is 8.09. The number of benzene rings is 1. The third-order valence-corrected chi connectivity index (χ3v) is 2.64. The average Bonchev–Trinajstić information content (AvgIpc) is 2.65. The monoisotopic (exact) mass is 231 g/mol. The van der Waals surface area contributed by atoms with Crippen LogP contribution in [0.1, 0.15) is 24.3 Å². The third kappa shape index (κ3) is 2.30. The van der Waals surface area contributed by atoms with E-state index >= 15 is 0 Å². The van der Waals surface area contributed by atoms with Crippen LogP contribution < -0.4 is 5.32 Å². The topological polar surface area (TPSA) is 46.9 Å². The molecule has 2 aromatic rings. The minimum Gasteiger partial charge on any atom is -0.350 e. The van der Waals surface area contributed by atoms with Crippen molar-refractivity contribution in [3.8, 4) is 0 Å². The number of fused-ring (bicyclic) bond motifs is 1. The highest BCUT2D eigenvalue weighted by Crippen LogP contribution is 2.17. The highest BCUT2D eigenvalue weighted by molar-refractivity contribution is 6.04. The van der Waals surface area contributed by atoms with Gasteiger partial charge in [0.15, 0.2) is 5.69 Å². The number of carbonyl (C=O) groups is 1. The summed E-state index contributed by atoms with van der Waals surface area (Å²) in [6.07, 6.45) is 0. The van der Waals surface area contributed by atoms with Crippen molar-refractivity contribution in [2.24, 2.45) is 13.0 Å². The number of aryl methyl sites for hydroxylation is 1. The van der Waals surface area contributed by atoms with Crippen LogP contribution in [0.25, 0.3) is 10.9 Å². The highest BCUT2D eigenvalue weighted by atomic mass is 16.1. The third-order valence-electron chi connectivity index (χ3n) is 2.64. The maximum atomic E-state index is 12.0. The second-order valence-corrected chi connectivity index (χ2v) is 4.59. The number of carbonyl (C=O) groups excluding carboxylic acids is 1. The molecule has 0 saturated carbocycles. The molecule has 1 N–H and O–H groups in total. The SMILES string of the molecule is CC(C)CNC(=O)c1nn(C)c2ccccc12. The normalized spacial score (nSPS) is 11.1. The average molecular weight is 231 g/mol. The van der Waals surface area contributed by atoms with Crippen molar-refractivity contribution in [2.45, 2.75) is 13.8 Å². The Morgan fingerprint density at radius 3 is 2.82 bits per heavy atom. The van der Waals surface area contributed by atoms with Gasteiger partial charge in [0, 0.05) is 19.0 Å². The van der Waals surface area contributed by atoms with Gasteiger partial charge in [0.1, 0.15) is 0 Å². The van der Waals surface area contributed by atoms with Crippen molar-refractivity contribution >= 4 is 16.8 Å². The number of hydrogen-bond acceptors (Lipinski definition) is 2. The van der Waals surface area contributed by atoms with E-state index in [0.717, 1.165) is 10.9 Å². The predicted octanol–water partition coefficient (Wildman–Crippen LogP) is 1.96. The first kappa shape index (κ1) is 11.6. The summed E-state index contributed by atoms with van der Waals surface area (Å²) in [7, 11) is 1.85. The minimum atomic E-state index is -0.101. The van der Waals surface area contributed by atoms with Gasteiger partial charge in [-0.25, -0.2) is 0 Å². The lowest BCUT2D eigenvalue weighted by atomic mass is 10.2. The molecule has 1 aromatic heterocycles. The number of aromatic nitrogens is 2. The Morgan fingerprint density at radius 1 is 1.41 bits per heavy atom. The van der Waals surface area contributed by atoms with Crippen molar-refractivity contribution in [3.63, 3.8) is 0 Å². The molecule has 17 heavy (non-hydrogen) atoms. The van der Waals surface area contributed by atoms with Crippen molar-refractivity contribution in [1.82, 2.24) is 15.1 Å². The zero-order valence-electron chi connectivity index (χ0n) is 10.4. The summed E-state index contributed by atoms with van der Waals surface area (Å²) >= 11 is 0. The molecule has 0 atom stereocenters. The van der Waals surface area contributed by atoms with E-state index in [9.17, 15) is 4.79 Å². The van der Waals surface area contributed by atoms with Crippen LogP contribution in [-0.2, 0) is 7.05 Å². The second-order valence-electron chi connectivity index (χ2n) is 4.59. The van der Waals surface area contributed by atoms with Crippen molar-refractivity contribution < 1.29 is 4.79 Å². The molecule has 0 unspecified atom stereocenters. The van der Waals surface area contributed by atoms with Crippen LogP contribution in [0.15, 0.2) is 24.3 Å². The summed E-state index contributed by atoms with van der Waals surface area (Å²) in [5.74, 6) is 0.337. The van der Waals surface area contributed by atoms with E-state index in [0.29, 0.717) is 18.2 Å². The van der Waals surface area contributed by atoms with E-state index in [1.165, 1.54) is 0 Å². The fraction of sp³-hybridized carbons (Fsp3) is 0.385. The summed E-state index contributed by atoms with van der Waals surface area (Å²) in [5, 5.41) is 8.06. The van der Waals surface area contributed by atoms with Crippen LogP contribution in [0, 0.1) is 5.92 Å². The van der Waals surface area contributed by atoms with Gasteiger partial charge < -0.3 is 5.32 Å². The Labute approximate surface area is 101 Å². The summed E-state index contributed by atoms with van der Waals surface area (Å²) in [4.78, 5) is 12.0. The largest absolute Gasteiger partial charge is 0.350 e. The second kappa shape index (κ2) is 4.57. The van der Waals surface area contributed by atoms with Crippen molar-refractivity contribution in [2.75, 3.05) is 6.54 Å². The summed E-state index contributed by atoms with van der Waals surface area (Å²) in [6.45, 7) is 4.80. The molecule has 1 amide bonds. The van der Waals surface area contributed by atoms with Gasteiger partial charge in [0.05, 0.1) is 5.52 Å². The molecule has 4 heteroatoms.